The molecule has 1 aromatic carbocycles. The van der Waals surface area contributed by atoms with Gasteiger partial charge in [0.05, 0.1) is 17.9 Å². The van der Waals surface area contributed by atoms with Crippen molar-refractivity contribution in [2.75, 3.05) is 37.5 Å². The number of aromatic nitrogens is 1. The predicted octanol–water partition coefficient (Wildman–Crippen LogP) is 3.86. The first-order chi connectivity index (χ1) is 14.3. The Bertz CT molecular complexity index is 1080. The molecule has 2 aliphatic rings. The van der Waals surface area contributed by atoms with Crippen LogP contribution < -0.4 is 10.2 Å². The Balaban J connectivity index is 1.75. The maximum absolute atomic E-state index is 13.6. The van der Waals surface area contributed by atoms with Crippen molar-refractivity contribution in [1.29, 1.82) is 0 Å². The number of nitrogens with one attached hydrogen (secondary N) is 1. The van der Waals surface area contributed by atoms with Crippen LogP contribution in [0.1, 0.15) is 25.0 Å². The summed E-state index contributed by atoms with van der Waals surface area (Å²) in [5.41, 5.74) is 2.77. The van der Waals surface area contributed by atoms with Crippen molar-refractivity contribution in [3.05, 3.63) is 65.3 Å². The van der Waals surface area contributed by atoms with Gasteiger partial charge >= 0.3 is 0 Å². The molecule has 1 aromatic heterocycles. The lowest BCUT2D eigenvalue weighted by molar-refractivity contribution is -0.111. The Morgan fingerprint density at radius 2 is 2.07 bits per heavy atom. The highest BCUT2D eigenvalue weighted by molar-refractivity contribution is 6.32. The van der Waals surface area contributed by atoms with E-state index < -0.39 is 11.4 Å². The third-order valence-electron chi connectivity index (χ3n) is 5.34. The molecule has 0 saturated carbocycles. The van der Waals surface area contributed by atoms with Crippen molar-refractivity contribution >= 4 is 28.6 Å². The van der Waals surface area contributed by atoms with Gasteiger partial charge in [-0.25, -0.2) is 9.37 Å². The molecule has 1 amide bonds. The van der Waals surface area contributed by atoms with Crippen molar-refractivity contribution in [3.8, 4) is 0 Å². The maximum atomic E-state index is 13.6. The molecule has 0 bridgehead atoms. The van der Waals surface area contributed by atoms with Gasteiger partial charge in [0.2, 0.25) is 0 Å². The highest BCUT2D eigenvalue weighted by atomic mass is 19.1. The number of hydrogen-bond donors (Lipinski definition) is 1. The van der Waals surface area contributed by atoms with Crippen LogP contribution >= 0.6 is 0 Å². The fraction of sp³-hybridized carbons (Fsp3) is 0.304. The van der Waals surface area contributed by atoms with Crippen LogP contribution in [0.2, 0.25) is 0 Å². The Hall–Kier alpha value is -3.19. The van der Waals surface area contributed by atoms with Crippen LogP contribution in [0.25, 0.3) is 11.1 Å². The van der Waals surface area contributed by atoms with Gasteiger partial charge in [0.1, 0.15) is 23.0 Å². The summed E-state index contributed by atoms with van der Waals surface area (Å²) in [5, 5.41) is 2.72. The standard InChI is InChI=1S/C23H24FN3O3/c1-23(2)17(14-7-8-25-20(11-14)27(3)9-10-29-4)13-19(30-23)21-16-6-5-15(24)12-18(16)26-22(21)28/h5-8,11-13H,9-10H2,1-4H3,(H,26,28). The van der Waals surface area contributed by atoms with E-state index in [0.29, 0.717) is 35.7 Å². The van der Waals surface area contributed by atoms with Crippen molar-refractivity contribution in [2.45, 2.75) is 19.4 Å². The van der Waals surface area contributed by atoms with Crippen molar-refractivity contribution < 1.29 is 18.7 Å². The number of fused-ring (bicyclic) bond motifs is 1. The molecule has 6 nitrogen and oxygen atoms in total. The topological polar surface area (TPSA) is 63.7 Å². The monoisotopic (exact) mass is 409 g/mol. The average molecular weight is 409 g/mol. The number of amides is 1. The fourth-order valence-corrected chi connectivity index (χ4v) is 3.75. The number of nitrogens with zero attached hydrogens (tertiary/aromatic N) is 2. The van der Waals surface area contributed by atoms with E-state index in [1.54, 1.807) is 19.4 Å². The Kier molecular flexibility index (Phi) is 5.07. The highest BCUT2D eigenvalue weighted by Gasteiger charge is 2.38. The van der Waals surface area contributed by atoms with Crippen molar-refractivity contribution in [2.24, 2.45) is 0 Å². The first-order valence-corrected chi connectivity index (χ1v) is 9.73. The van der Waals surface area contributed by atoms with Gasteiger partial charge in [-0.1, -0.05) is 0 Å². The predicted molar refractivity (Wildman–Crippen MR) is 114 cm³/mol. The van der Waals surface area contributed by atoms with E-state index in [9.17, 15) is 9.18 Å². The van der Waals surface area contributed by atoms with Gasteiger partial charge < -0.3 is 19.7 Å². The normalized spacial score (nSPS) is 19.2. The molecule has 0 atom stereocenters. The molecule has 0 aliphatic carbocycles. The number of likely N-dealkylation sites (N-methyl/N-ethyl adjacent to an activating group) is 1. The second-order valence-corrected chi connectivity index (χ2v) is 7.87. The van der Waals surface area contributed by atoms with Crippen LogP contribution in [0.15, 0.2) is 48.4 Å². The second kappa shape index (κ2) is 7.57. The number of carbonyl (C=O) groups excluding carboxylic acids is 1. The minimum atomic E-state index is -0.644. The summed E-state index contributed by atoms with van der Waals surface area (Å²) in [5.74, 6) is 0.602. The molecule has 0 saturated heterocycles. The lowest BCUT2D eigenvalue weighted by atomic mass is 9.92. The largest absolute Gasteiger partial charge is 0.482 e. The van der Waals surface area contributed by atoms with Gasteiger partial charge in [0.25, 0.3) is 5.91 Å². The van der Waals surface area contributed by atoms with E-state index >= 15 is 0 Å². The average Bonchev–Trinajstić information content (AvgIpc) is 3.20. The minimum Gasteiger partial charge on any atom is -0.482 e. The summed E-state index contributed by atoms with van der Waals surface area (Å²) in [6.07, 6.45) is 3.65. The third kappa shape index (κ3) is 3.57. The zero-order valence-electron chi connectivity index (χ0n) is 17.5. The number of benzene rings is 1. The molecule has 1 N–H and O–H groups in total. The van der Waals surface area contributed by atoms with E-state index in [-0.39, 0.29) is 5.91 Å². The molecule has 30 heavy (non-hydrogen) atoms. The SMILES string of the molecule is COCCN(C)c1cc(C2=CC(=C3C(=O)Nc4cc(F)ccc43)OC2(C)C)ccn1. The molecule has 0 radical (unpaired) electrons. The number of anilines is 2. The van der Waals surface area contributed by atoms with Crippen LogP contribution in [0.4, 0.5) is 15.9 Å². The summed E-state index contributed by atoms with van der Waals surface area (Å²) < 4.78 is 24.9. The Morgan fingerprint density at radius 1 is 1.27 bits per heavy atom. The van der Waals surface area contributed by atoms with Gasteiger partial charge in [-0.05, 0) is 55.8 Å². The number of pyridine rings is 1. The zero-order chi connectivity index (χ0) is 21.5. The van der Waals surface area contributed by atoms with E-state index in [1.807, 2.05) is 44.0 Å². The molecule has 0 spiro atoms. The van der Waals surface area contributed by atoms with Crippen LogP contribution in [-0.2, 0) is 14.3 Å². The van der Waals surface area contributed by atoms with Gasteiger partial charge in [-0.3, -0.25) is 4.79 Å². The number of halogens is 1. The first kappa shape index (κ1) is 20.1. The molecule has 0 fully saturated rings. The van der Waals surface area contributed by atoms with E-state index in [2.05, 4.69) is 10.3 Å². The quantitative estimate of drug-likeness (QED) is 0.760. The number of methoxy groups -OCH3 is 1. The molecule has 4 rings (SSSR count). The molecule has 2 aromatic rings. The van der Waals surface area contributed by atoms with Gasteiger partial charge in [0.15, 0.2) is 0 Å². The molecule has 156 valence electrons. The Morgan fingerprint density at radius 3 is 2.83 bits per heavy atom. The van der Waals surface area contributed by atoms with Crippen LogP contribution in [0.5, 0.6) is 0 Å². The van der Waals surface area contributed by atoms with Gasteiger partial charge in [0, 0.05) is 38.0 Å². The number of hydrogen-bond acceptors (Lipinski definition) is 5. The number of allylic oxidation sites excluding steroid dienone is 1. The molecule has 2 aliphatic heterocycles. The van der Waals surface area contributed by atoms with Gasteiger partial charge in [-0.15, -0.1) is 0 Å². The second-order valence-electron chi connectivity index (χ2n) is 7.87. The summed E-state index contributed by atoms with van der Waals surface area (Å²) in [7, 11) is 3.63. The molecule has 7 heteroatoms. The smallest absolute Gasteiger partial charge is 0.260 e. The van der Waals surface area contributed by atoms with Crippen LogP contribution in [0.3, 0.4) is 0 Å². The first-order valence-electron chi connectivity index (χ1n) is 9.73. The molecule has 3 heterocycles. The highest BCUT2D eigenvalue weighted by Crippen LogP contribution is 2.44. The maximum Gasteiger partial charge on any atom is 0.260 e. The van der Waals surface area contributed by atoms with E-state index in [1.165, 1.54) is 12.1 Å². The summed E-state index contributed by atoms with van der Waals surface area (Å²) in [6.45, 7) is 5.24. The van der Waals surface area contributed by atoms with Crippen molar-refractivity contribution in [3.63, 3.8) is 0 Å². The van der Waals surface area contributed by atoms with Crippen molar-refractivity contribution in [1.82, 2.24) is 4.98 Å². The number of rotatable bonds is 5. The lowest BCUT2D eigenvalue weighted by Crippen LogP contribution is -2.24. The van der Waals surface area contributed by atoms with E-state index in [0.717, 1.165) is 17.0 Å². The summed E-state index contributed by atoms with van der Waals surface area (Å²) in [4.78, 5) is 19.1. The molecular weight excluding hydrogens is 385 g/mol. The lowest BCUT2D eigenvalue weighted by Gasteiger charge is -2.24. The van der Waals surface area contributed by atoms with E-state index in [4.69, 9.17) is 9.47 Å². The minimum absolute atomic E-state index is 0.298. The number of carbonyl (C=O) groups is 1. The summed E-state index contributed by atoms with van der Waals surface area (Å²) >= 11 is 0. The summed E-state index contributed by atoms with van der Waals surface area (Å²) in [6, 6.07) is 8.18. The number of ether oxygens (including phenoxy) is 2. The van der Waals surface area contributed by atoms with Gasteiger partial charge in [-0.2, -0.15) is 0 Å². The van der Waals surface area contributed by atoms with Crippen LogP contribution in [-0.4, -0.2) is 43.8 Å². The zero-order valence-corrected chi connectivity index (χ0v) is 17.5. The molecular formula is C23H24FN3O3. The third-order valence-corrected chi connectivity index (χ3v) is 5.34. The fourth-order valence-electron chi connectivity index (χ4n) is 3.75. The molecule has 0 unspecified atom stereocenters. The Labute approximate surface area is 175 Å². The van der Waals surface area contributed by atoms with Crippen LogP contribution in [0, 0.1) is 5.82 Å².